The highest BCUT2D eigenvalue weighted by molar-refractivity contribution is 7.99. The Kier molecular flexibility index (Phi) is 2.83. The van der Waals surface area contributed by atoms with E-state index in [1.807, 2.05) is 35.9 Å². The molecule has 0 aliphatic carbocycles. The number of aromatic nitrogens is 3. The molecule has 0 saturated heterocycles. The fraction of sp³-hybridized carbons (Fsp3) is 0.231. The normalized spacial score (nSPS) is 13.1. The molecule has 0 bridgehead atoms. The minimum absolute atomic E-state index is 0.803. The van der Waals surface area contributed by atoms with Crippen LogP contribution in [-0.2, 0) is 0 Å². The van der Waals surface area contributed by atoms with E-state index >= 15 is 0 Å². The number of hydrogen-bond donors (Lipinski definition) is 0. The van der Waals surface area contributed by atoms with Gasteiger partial charge in [0.2, 0.25) is 5.16 Å². The molecule has 0 saturated carbocycles. The SMILES string of the molecule is CCSc1nc2n(n1)C(C)=COc1ccccc1-2. The predicted molar refractivity (Wildman–Crippen MR) is 72.4 cm³/mol. The fourth-order valence-corrected chi connectivity index (χ4v) is 2.41. The van der Waals surface area contributed by atoms with E-state index in [1.165, 1.54) is 0 Å². The van der Waals surface area contributed by atoms with Gasteiger partial charge in [-0.2, -0.15) is 0 Å². The Morgan fingerprint density at radius 3 is 3.00 bits per heavy atom. The number of ether oxygens (including phenoxy) is 1. The van der Waals surface area contributed by atoms with Gasteiger partial charge >= 0.3 is 0 Å². The summed E-state index contributed by atoms with van der Waals surface area (Å²) in [5.41, 5.74) is 1.90. The molecule has 0 atom stereocenters. The first kappa shape index (κ1) is 11.3. The first-order chi connectivity index (χ1) is 8.79. The minimum atomic E-state index is 0.803. The van der Waals surface area contributed by atoms with Gasteiger partial charge in [0.1, 0.15) is 12.0 Å². The Morgan fingerprint density at radius 1 is 1.33 bits per heavy atom. The van der Waals surface area contributed by atoms with E-state index in [1.54, 1.807) is 18.0 Å². The van der Waals surface area contributed by atoms with E-state index in [2.05, 4.69) is 17.0 Å². The molecule has 1 aliphatic rings. The van der Waals surface area contributed by atoms with E-state index in [-0.39, 0.29) is 0 Å². The molecular weight excluding hydrogens is 246 g/mol. The molecule has 0 N–H and O–H groups in total. The Labute approximate surface area is 110 Å². The van der Waals surface area contributed by atoms with Crippen LogP contribution in [0.2, 0.25) is 0 Å². The predicted octanol–water partition coefficient (Wildman–Crippen LogP) is 3.27. The van der Waals surface area contributed by atoms with Crippen LogP contribution in [0.3, 0.4) is 0 Å². The van der Waals surface area contributed by atoms with Crippen molar-refractivity contribution in [2.24, 2.45) is 0 Å². The highest BCUT2D eigenvalue weighted by Crippen LogP contribution is 2.33. The number of thioether (sulfide) groups is 1. The van der Waals surface area contributed by atoms with Crippen molar-refractivity contribution in [3.05, 3.63) is 30.5 Å². The topological polar surface area (TPSA) is 39.9 Å². The van der Waals surface area contributed by atoms with Crippen LogP contribution in [0.1, 0.15) is 13.8 Å². The summed E-state index contributed by atoms with van der Waals surface area (Å²) in [5.74, 6) is 2.62. The van der Waals surface area contributed by atoms with Crippen molar-refractivity contribution < 1.29 is 4.74 Å². The van der Waals surface area contributed by atoms with Gasteiger partial charge in [0.25, 0.3) is 0 Å². The minimum Gasteiger partial charge on any atom is -0.462 e. The summed E-state index contributed by atoms with van der Waals surface area (Å²) in [6.45, 7) is 4.06. The van der Waals surface area contributed by atoms with Gasteiger partial charge in [0.05, 0.1) is 11.3 Å². The Hall–Kier alpha value is -1.75. The highest BCUT2D eigenvalue weighted by Gasteiger charge is 2.19. The summed E-state index contributed by atoms with van der Waals surface area (Å²) < 4.78 is 7.47. The molecule has 0 radical (unpaired) electrons. The van der Waals surface area contributed by atoms with Gasteiger partial charge in [-0.25, -0.2) is 9.67 Å². The Bertz CT molecular complexity index is 618. The molecule has 4 nitrogen and oxygen atoms in total. The number of benzene rings is 1. The second-order valence-electron chi connectivity index (χ2n) is 3.94. The number of para-hydroxylation sites is 1. The first-order valence-electron chi connectivity index (χ1n) is 5.82. The van der Waals surface area contributed by atoms with Gasteiger partial charge < -0.3 is 4.74 Å². The summed E-state index contributed by atoms with van der Waals surface area (Å²) in [4.78, 5) is 4.59. The third kappa shape index (κ3) is 1.80. The second kappa shape index (κ2) is 4.49. The van der Waals surface area contributed by atoms with Crippen LogP contribution < -0.4 is 4.74 Å². The zero-order chi connectivity index (χ0) is 12.5. The molecule has 92 valence electrons. The van der Waals surface area contributed by atoms with Crippen LogP contribution in [0, 0.1) is 0 Å². The molecule has 18 heavy (non-hydrogen) atoms. The quantitative estimate of drug-likeness (QED) is 0.776. The Balaban J connectivity index is 2.20. The molecule has 2 heterocycles. The zero-order valence-electron chi connectivity index (χ0n) is 10.3. The van der Waals surface area contributed by atoms with Gasteiger partial charge in [0.15, 0.2) is 5.82 Å². The van der Waals surface area contributed by atoms with E-state index in [0.29, 0.717) is 0 Å². The average molecular weight is 259 g/mol. The first-order valence-corrected chi connectivity index (χ1v) is 6.81. The maximum absolute atomic E-state index is 5.63. The van der Waals surface area contributed by atoms with Gasteiger partial charge in [-0.3, -0.25) is 0 Å². The number of hydrogen-bond acceptors (Lipinski definition) is 4. The Morgan fingerprint density at radius 2 is 2.17 bits per heavy atom. The summed E-state index contributed by atoms with van der Waals surface area (Å²) in [6.07, 6.45) is 1.71. The van der Waals surface area contributed by atoms with Crippen LogP contribution >= 0.6 is 11.8 Å². The van der Waals surface area contributed by atoms with Crippen LogP contribution in [0.5, 0.6) is 5.75 Å². The second-order valence-corrected chi connectivity index (χ2v) is 5.17. The fourth-order valence-electron chi connectivity index (χ4n) is 1.86. The lowest BCUT2D eigenvalue weighted by Crippen LogP contribution is -1.97. The van der Waals surface area contributed by atoms with Crippen LogP contribution in [0.15, 0.2) is 35.7 Å². The molecule has 0 amide bonds. The summed E-state index contributed by atoms with van der Waals surface area (Å²) in [5, 5.41) is 5.30. The number of nitrogens with zero attached hydrogens (tertiary/aromatic N) is 3. The third-order valence-electron chi connectivity index (χ3n) is 2.68. The number of fused-ring (bicyclic) bond motifs is 3. The largest absolute Gasteiger partial charge is 0.462 e. The molecule has 0 fully saturated rings. The molecule has 1 aromatic heterocycles. The van der Waals surface area contributed by atoms with E-state index in [0.717, 1.165) is 33.7 Å². The molecule has 1 aliphatic heterocycles. The van der Waals surface area contributed by atoms with E-state index < -0.39 is 0 Å². The van der Waals surface area contributed by atoms with Crippen molar-refractivity contribution >= 4 is 17.5 Å². The van der Waals surface area contributed by atoms with Crippen molar-refractivity contribution in [2.45, 2.75) is 19.0 Å². The molecule has 3 rings (SSSR count). The summed E-state index contributed by atoms with van der Waals surface area (Å²) >= 11 is 1.64. The van der Waals surface area contributed by atoms with E-state index in [9.17, 15) is 0 Å². The summed E-state index contributed by atoms with van der Waals surface area (Å²) in [6, 6.07) is 7.88. The van der Waals surface area contributed by atoms with Crippen LogP contribution in [-0.4, -0.2) is 20.5 Å². The van der Waals surface area contributed by atoms with Crippen molar-refractivity contribution in [3.8, 4) is 17.1 Å². The van der Waals surface area contributed by atoms with Crippen molar-refractivity contribution in [2.75, 3.05) is 5.75 Å². The number of rotatable bonds is 2. The molecule has 0 spiro atoms. The average Bonchev–Trinajstić information content (AvgIpc) is 2.75. The summed E-state index contributed by atoms with van der Waals surface area (Å²) in [7, 11) is 0. The lowest BCUT2D eigenvalue weighted by atomic mass is 10.2. The highest BCUT2D eigenvalue weighted by atomic mass is 32.2. The lowest BCUT2D eigenvalue weighted by molar-refractivity contribution is 0.484. The molecular formula is C13H13N3OS. The van der Waals surface area contributed by atoms with Gasteiger partial charge in [-0.1, -0.05) is 30.8 Å². The lowest BCUT2D eigenvalue weighted by Gasteiger charge is -2.03. The molecule has 5 heteroatoms. The monoisotopic (exact) mass is 259 g/mol. The standard InChI is InChI=1S/C13H13N3OS/c1-3-18-13-14-12-10-6-4-5-7-11(10)17-8-9(2)16(12)15-13/h4-8H,3H2,1-2H3. The van der Waals surface area contributed by atoms with Gasteiger partial charge in [0, 0.05) is 0 Å². The molecule has 1 aromatic carbocycles. The zero-order valence-corrected chi connectivity index (χ0v) is 11.1. The van der Waals surface area contributed by atoms with Crippen LogP contribution in [0.25, 0.3) is 17.1 Å². The molecule has 2 aromatic rings. The smallest absolute Gasteiger partial charge is 0.209 e. The van der Waals surface area contributed by atoms with E-state index in [4.69, 9.17) is 4.74 Å². The third-order valence-corrected chi connectivity index (χ3v) is 3.40. The number of allylic oxidation sites excluding steroid dienone is 1. The van der Waals surface area contributed by atoms with Gasteiger partial charge in [-0.15, -0.1) is 5.10 Å². The van der Waals surface area contributed by atoms with Crippen molar-refractivity contribution in [1.29, 1.82) is 0 Å². The van der Waals surface area contributed by atoms with Gasteiger partial charge in [-0.05, 0) is 24.8 Å². The van der Waals surface area contributed by atoms with Crippen LogP contribution in [0.4, 0.5) is 0 Å². The van der Waals surface area contributed by atoms with Crippen molar-refractivity contribution in [1.82, 2.24) is 14.8 Å². The van der Waals surface area contributed by atoms with Crippen molar-refractivity contribution in [3.63, 3.8) is 0 Å². The molecule has 0 unspecified atom stereocenters. The maximum atomic E-state index is 5.63. The maximum Gasteiger partial charge on any atom is 0.209 e.